The van der Waals surface area contributed by atoms with E-state index < -0.39 is 5.97 Å². The van der Waals surface area contributed by atoms with Crippen molar-refractivity contribution in [1.29, 1.82) is 0 Å². The predicted octanol–water partition coefficient (Wildman–Crippen LogP) is 3.05. The van der Waals surface area contributed by atoms with Gasteiger partial charge in [-0.2, -0.15) is 0 Å². The molecule has 0 amide bonds. The second kappa shape index (κ2) is 5.58. The van der Waals surface area contributed by atoms with Crippen molar-refractivity contribution in [2.45, 2.75) is 9.79 Å². The van der Waals surface area contributed by atoms with E-state index in [4.69, 9.17) is 5.11 Å². The maximum atomic E-state index is 11.1. The normalized spacial score (nSPS) is 10.1. The Kier molecular flexibility index (Phi) is 3.87. The summed E-state index contributed by atoms with van der Waals surface area (Å²) in [5.74, 6) is -1.02. The summed E-state index contributed by atoms with van der Waals surface area (Å²) < 4.78 is 0. The number of carbonyl (C=O) groups is 2. The molecule has 2 aromatic rings. The molecule has 19 heavy (non-hydrogen) atoms. The Hall–Kier alpha value is -2.27. The van der Waals surface area contributed by atoms with E-state index in [0.29, 0.717) is 21.6 Å². The van der Waals surface area contributed by atoms with Crippen LogP contribution in [-0.4, -0.2) is 22.5 Å². The molecule has 0 radical (unpaired) electrons. The number of aromatic carboxylic acids is 1. The molecular weight excluding hydrogens is 264 g/mol. The van der Waals surface area contributed by atoms with E-state index >= 15 is 0 Å². The molecule has 96 valence electrons. The number of rotatable bonds is 4. The van der Waals surface area contributed by atoms with Crippen LogP contribution in [0, 0.1) is 0 Å². The average molecular weight is 274 g/mol. The number of benzene rings is 2. The van der Waals surface area contributed by atoms with Crippen LogP contribution in [-0.2, 0) is 0 Å². The van der Waals surface area contributed by atoms with Gasteiger partial charge in [-0.15, -0.1) is 0 Å². The summed E-state index contributed by atoms with van der Waals surface area (Å²) in [6.07, 6.45) is 0.673. The van der Waals surface area contributed by atoms with Gasteiger partial charge in [0.15, 0.2) is 0 Å². The maximum Gasteiger partial charge on any atom is 0.336 e. The number of carboxylic acids is 1. The zero-order valence-electron chi connectivity index (χ0n) is 9.74. The molecule has 2 aromatic carbocycles. The second-order valence-electron chi connectivity index (χ2n) is 3.75. The molecule has 0 bridgehead atoms. The Morgan fingerprint density at radius 2 is 1.84 bits per heavy atom. The van der Waals surface area contributed by atoms with E-state index in [0.717, 1.165) is 11.8 Å². The van der Waals surface area contributed by atoms with Gasteiger partial charge >= 0.3 is 5.97 Å². The second-order valence-corrected chi connectivity index (χ2v) is 4.83. The van der Waals surface area contributed by atoms with Crippen LogP contribution in [0.3, 0.4) is 0 Å². The Morgan fingerprint density at radius 1 is 1.11 bits per heavy atom. The van der Waals surface area contributed by atoms with Crippen LogP contribution < -0.4 is 0 Å². The van der Waals surface area contributed by atoms with Gasteiger partial charge in [0.1, 0.15) is 12.0 Å². The molecule has 0 heterocycles. The fourth-order valence-electron chi connectivity index (χ4n) is 1.54. The van der Waals surface area contributed by atoms with Crippen molar-refractivity contribution in [3.63, 3.8) is 0 Å². The van der Waals surface area contributed by atoms with E-state index in [1.165, 1.54) is 24.3 Å². The molecule has 5 heteroatoms. The minimum Gasteiger partial charge on any atom is -0.507 e. The van der Waals surface area contributed by atoms with Crippen LogP contribution in [0.25, 0.3) is 0 Å². The van der Waals surface area contributed by atoms with E-state index in [1.54, 1.807) is 18.2 Å². The van der Waals surface area contributed by atoms with Crippen molar-refractivity contribution in [1.82, 2.24) is 0 Å². The lowest BCUT2D eigenvalue weighted by Gasteiger charge is -2.07. The largest absolute Gasteiger partial charge is 0.507 e. The lowest BCUT2D eigenvalue weighted by atomic mass is 10.2. The van der Waals surface area contributed by atoms with Gasteiger partial charge in [0.05, 0.1) is 10.5 Å². The topological polar surface area (TPSA) is 74.6 Å². The summed E-state index contributed by atoms with van der Waals surface area (Å²) in [5, 5.41) is 18.8. The summed E-state index contributed by atoms with van der Waals surface area (Å²) in [7, 11) is 0. The molecule has 0 spiro atoms. The van der Waals surface area contributed by atoms with Gasteiger partial charge in [-0.25, -0.2) is 4.79 Å². The molecule has 0 aromatic heterocycles. The van der Waals surface area contributed by atoms with Gasteiger partial charge in [-0.05, 0) is 30.3 Å². The summed E-state index contributed by atoms with van der Waals surface area (Å²) >= 11 is 1.11. The van der Waals surface area contributed by atoms with Crippen molar-refractivity contribution in [3.8, 4) is 5.75 Å². The number of phenols is 1. The first-order chi connectivity index (χ1) is 9.11. The van der Waals surface area contributed by atoms with E-state index in [2.05, 4.69) is 0 Å². The van der Waals surface area contributed by atoms with Crippen LogP contribution in [0.5, 0.6) is 5.75 Å². The lowest BCUT2D eigenvalue weighted by molar-refractivity contribution is 0.0693. The van der Waals surface area contributed by atoms with Crippen LogP contribution in [0.15, 0.2) is 52.3 Å². The molecule has 0 aliphatic rings. The third-order valence-corrected chi connectivity index (χ3v) is 3.58. The lowest BCUT2D eigenvalue weighted by Crippen LogP contribution is -1.98. The highest BCUT2D eigenvalue weighted by atomic mass is 32.2. The number of hydrogen-bond acceptors (Lipinski definition) is 4. The van der Waals surface area contributed by atoms with Crippen molar-refractivity contribution in [3.05, 3.63) is 53.6 Å². The predicted molar refractivity (Wildman–Crippen MR) is 71.0 cm³/mol. The van der Waals surface area contributed by atoms with E-state index in [1.807, 2.05) is 0 Å². The molecule has 0 unspecified atom stereocenters. The standard InChI is InChI=1S/C14H10O4S/c15-8-9-5-6-11(16)13(7-9)19-12-4-2-1-3-10(12)14(17)18/h1-8,16H,(H,17,18). The smallest absolute Gasteiger partial charge is 0.336 e. The third kappa shape index (κ3) is 2.95. The minimum absolute atomic E-state index is 0.00999. The fourth-order valence-corrected chi connectivity index (χ4v) is 2.55. The molecular formula is C14H10O4S. The van der Waals surface area contributed by atoms with Crippen LogP contribution >= 0.6 is 11.8 Å². The fraction of sp³-hybridized carbons (Fsp3) is 0. The zero-order chi connectivity index (χ0) is 13.8. The van der Waals surface area contributed by atoms with Gasteiger partial charge in [-0.1, -0.05) is 23.9 Å². The number of phenolic OH excluding ortho intramolecular Hbond substituents is 1. The minimum atomic E-state index is -1.03. The number of aromatic hydroxyl groups is 1. The van der Waals surface area contributed by atoms with Gasteiger partial charge in [0, 0.05) is 10.5 Å². The number of aldehydes is 1. The molecule has 0 aliphatic carbocycles. The van der Waals surface area contributed by atoms with Crippen molar-refractivity contribution in [2.24, 2.45) is 0 Å². The molecule has 0 aliphatic heterocycles. The van der Waals surface area contributed by atoms with E-state index in [-0.39, 0.29) is 11.3 Å². The first kappa shape index (κ1) is 13.2. The maximum absolute atomic E-state index is 11.1. The SMILES string of the molecule is O=Cc1ccc(O)c(Sc2ccccc2C(=O)O)c1. The molecule has 4 nitrogen and oxygen atoms in total. The molecule has 0 fully saturated rings. The number of carbonyl (C=O) groups excluding carboxylic acids is 1. The Labute approximate surface area is 113 Å². The summed E-state index contributed by atoms with van der Waals surface area (Å²) in [4.78, 5) is 22.8. The van der Waals surface area contributed by atoms with Crippen LogP contribution in [0.2, 0.25) is 0 Å². The highest BCUT2D eigenvalue weighted by molar-refractivity contribution is 7.99. The first-order valence-corrected chi connectivity index (χ1v) is 6.22. The average Bonchev–Trinajstić information content (AvgIpc) is 2.41. The van der Waals surface area contributed by atoms with E-state index in [9.17, 15) is 14.7 Å². The van der Waals surface area contributed by atoms with Gasteiger partial charge in [0.2, 0.25) is 0 Å². The monoisotopic (exact) mass is 274 g/mol. The Morgan fingerprint density at radius 3 is 2.53 bits per heavy atom. The van der Waals surface area contributed by atoms with Crippen molar-refractivity contribution >= 4 is 24.0 Å². The first-order valence-electron chi connectivity index (χ1n) is 5.40. The van der Waals surface area contributed by atoms with Gasteiger partial charge < -0.3 is 10.2 Å². The summed E-state index contributed by atoms with van der Waals surface area (Å²) in [5.41, 5.74) is 0.580. The van der Waals surface area contributed by atoms with Gasteiger partial charge in [0.25, 0.3) is 0 Å². The van der Waals surface area contributed by atoms with Crippen LogP contribution in [0.4, 0.5) is 0 Å². The summed E-state index contributed by atoms with van der Waals surface area (Å²) in [6.45, 7) is 0. The highest BCUT2D eigenvalue weighted by Gasteiger charge is 2.12. The Bertz CT molecular complexity index is 637. The molecule has 0 atom stereocenters. The third-order valence-electron chi connectivity index (χ3n) is 2.46. The number of hydrogen-bond donors (Lipinski definition) is 2. The quantitative estimate of drug-likeness (QED) is 0.838. The van der Waals surface area contributed by atoms with Crippen LogP contribution in [0.1, 0.15) is 20.7 Å². The molecule has 0 saturated heterocycles. The molecule has 2 N–H and O–H groups in total. The van der Waals surface area contributed by atoms with Crippen molar-refractivity contribution < 1.29 is 19.8 Å². The van der Waals surface area contributed by atoms with Gasteiger partial charge in [-0.3, -0.25) is 4.79 Å². The number of carboxylic acid groups (broad SMARTS) is 1. The molecule has 2 rings (SSSR count). The molecule has 0 saturated carbocycles. The van der Waals surface area contributed by atoms with Crippen molar-refractivity contribution in [2.75, 3.05) is 0 Å². The zero-order valence-corrected chi connectivity index (χ0v) is 10.6. The highest BCUT2D eigenvalue weighted by Crippen LogP contribution is 2.36. The summed E-state index contributed by atoms with van der Waals surface area (Å²) in [6, 6.07) is 10.9. The Balaban J connectivity index is 2.41.